The van der Waals surface area contributed by atoms with Gasteiger partial charge < -0.3 is 9.15 Å². The van der Waals surface area contributed by atoms with Crippen LogP contribution in [-0.2, 0) is 11.3 Å². The lowest BCUT2D eigenvalue weighted by atomic mass is 10.1. The Morgan fingerprint density at radius 2 is 1.89 bits per heavy atom. The first-order chi connectivity index (χ1) is 9.31. The molecule has 1 aliphatic carbocycles. The quantitative estimate of drug-likeness (QED) is 0.838. The van der Waals surface area contributed by atoms with Gasteiger partial charge in [0.05, 0.1) is 24.4 Å². The number of hydrogen-bond donors (Lipinski definition) is 0. The number of aryl methyl sites for hydroxylation is 1. The number of likely N-dealkylation sites (tertiary alicyclic amines) is 1. The first-order valence-electron chi connectivity index (χ1n) is 7.58. The van der Waals surface area contributed by atoms with Crippen LogP contribution in [0, 0.1) is 6.92 Å². The maximum absolute atomic E-state index is 6.20. The molecule has 0 atom stereocenters. The second kappa shape index (κ2) is 6.06. The number of hydrogen-bond acceptors (Lipinski definition) is 4. The SMILES string of the molecule is Cc1ncoc1CN1CCC(OC2CCCC2)CC1. The fraction of sp³-hybridized carbons (Fsp3) is 0.800. The van der Waals surface area contributed by atoms with E-state index in [9.17, 15) is 0 Å². The maximum Gasteiger partial charge on any atom is 0.181 e. The third-order valence-corrected chi connectivity index (χ3v) is 4.43. The zero-order valence-corrected chi connectivity index (χ0v) is 11.8. The molecule has 0 N–H and O–H groups in total. The highest BCUT2D eigenvalue weighted by Crippen LogP contribution is 2.25. The highest BCUT2D eigenvalue weighted by molar-refractivity contribution is 5.04. The molecule has 19 heavy (non-hydrogen) atoms. The topological polar surface area (TPSA) is 38.5 Å². The monoisotopic (exact) mass is 264 g/mol. The van der Waals surface area contributed by atoms with Gasteiger partial charge in [0.15, 0.2) is 6.39 Å². The number of nitrogens with zero attached hydrogens (tertiary/aromatic N) is 2. The van der Waals surface area contributed by atoms with Gasteiger partial charge in [-0.25, -0.2) is 4.98 Å². The molecular weight excluding hydrogens is 240 g/mol. The number of piperidine rings is 1. The van der Waals surface area contributed by atoms with Gasteiger partial charge in [-0.2, -0.15) is 0 Å². The Morgan fingerprint density at radius 1 is 1.21 bits per heavy atom. The summed E-state index contributed by atoms with van der Waals surface area (Å²) in [4.78, 5) is 6.59. The van der Waals surface area contributed by atoms with Crippen molar-refractivity contribution < 1.29 is 9.15 Å². The molecule has 1 saturated heterocycles. The van der Waals surface area contributed by atoms with E-state index in [0.29, 0.717) is 12.2 Å². The first-order valence-corrected chi connectivity index (χ1v) is 7.58. The molecular formula is C15H24N2O2. The summed E-state index contributed by atoms with van der Waals surface area (Å²) in [5, 5.41) is 0. The van der Waals surface area contributed by atoms with Crippen LogP contribution >= 0.6 is 0 Å². The van der Waals surface area contributed by atoms with Crippen molar-refractivity contribution in [1.29, 1.82) is 0 Å². The minimum absolute atomic E-state index is 0.482. The van der Waals surface area contributed by atoms with E-state index in [1.165, 1.54) is 25.7 Å². The molecule has 2 heterocycles. The summed E-state index contributed by atoms with van der Waals surface area (Å²) in [7, 11) is 0. The van der Waals surface area contributed by atoms with Crippen molar-refractivity contribution in [3.05, 3.63) is 17.8 Å². The minimum Gasteiger partial charge on any atom is -0.447 e. The second-order valence-electron chi connectivity index (χ2n) is 5.88. The fourth-order valence-electron chi connectivity index (χ4n) is 3.18. The fourth-order valence-corrected chi connectivity index (χ4v) is 3.18. The zero-order chi connectivity index (χ0) is 13.1. The van der Waals surface area contributed by atoms with Crippen LogP contribution in [0.15, 0.2) is 10.8 Å². The Labute approximate surface area is 115 Å². The molecule has 0 radical (unpaired) electrons. The molecule has 0 bridgehead atoms. The van der Waals surface area contributed by atoms with Gasteiger partial charge in [0, 0.05) is 13.1 Å². The molecule has 1 aromatic heterocycles. The number of oxazole rings is 1. The molecule has 1 aromatic rings. The van der Waals surface area contributed by atoms with Gasteiger partial charge >= 0.3 is 0 Å². The van der Waals surface area contributed by atoms with Crippen LogP contribution in [0.3, 0.4) is 0 Å². The van der Waals surface area contributed by atoms with Gasteiger partial charge in [-0.15, -0.1) is 0 Å². The van der Waals surface area contributed by atoms with Crippen molar-refractivity contribution in [2.24, 2.45) is 0 Å². The van der Waals surface area contributed by atoms with Crippen LogP contribution in [0.1, 0.15) is 50.0 Å². The van der Waals surface area contributed by atoms with E-state index < -0.39 is 0 Å². The molecule has 1 saturated carbocycles. The minimum atomic E-state index is 0.482. The summed E-state index contributed by atoms with van der Waals surface area (Å²) in [5.41, 5.74) is 1.02. The van der Waals surface area contributed by atoms with Crippen molar-refractivity contribution in [2.75, 3.05) is 13.1 Å². The molecule has 0 amide bonds. The number of aromatic nitrogens is 1. The predicted molar refractivity (Wildman–Crippen MR) is 72.9 cm³/mol. The molecule has 3 rings (SSSR count). The summed E-state index contributed by atoms with van der Waals surface area (Å²) in [5.74, 6) is 1.01. The summed E-state index contributed by atoms with van der Waals surface area (Å²) in [6.45, 7) is 5.12. The van der Waals surface area contributed by atoms with E-state index in [-0.39, 0.29) is 0 Å². The van der Waals surface area contributed by atoms with E-state index in [1.54, 1.807) is 6.39 Å². The summed E-state index contributed by atoms with van der Waals surface area (Å²) >= 11 is 0. The van der Waals surface area contributed by atoms with E-state index in [4.69, 9.17) is 9.15 Å². The molecule has 2 fully saturated rings. The molecule has 106 valence electrons. The maximum atomic E-state index is 6.20. The normalized spacial score (nSPS) is 23.2. The van der Waals surface area contributed by atoms with Crippen molar-refractivity contribution in [3.63, 3.8) is 0 Å². The highest BCUT2D eigenvalue weighted by atomic mass is 16.5. The Hall–Kier alpha value is -0.870. The summed E-state index contributed by atoms with van der Waals surface area (Å²) < 4.78 is 11.6. The lowest BCUT2D eigenvalue weighted by Gasteiger charge is -2.32. The van der Waals surface area contributed by atoms with Crippen molar-refractivity contribution in [1.82, 2.24) is 9.88 Å². The van der Waals surface area contributed by atoms with Gasteiger partial charge in [0.25, 0.3) is 0 Å². The molecule has 0 spiro atoms. The molecule has 1 aliphatic heterocycles. The van der Waals surface area contributed by atoms with Gasteiger partial charge in [-0.05, 0) is 32.6 Å². The number of ether oxygens (including phenoxy) is 1. The number of rotatable bonds is 4. The third-order valence-electron chi connectivity index (χ3n) is 4.43. The smallest absolute Gasteiger partial charge is 0.181 e. The van der Waals surface area contributed by atoms with Crippen LogP contribution in [0.25, 0.3) is 0 Å². The lowest BCUT2D eigenvalue weighted by molar-refractivity contribution is -0.0406. The molecule has 0 aromatic carbocycles. The summed E-state index contributed by atoms with van der Waals surface area (Å²) in [6, 6.07) is 0. The van der Waals surface area contributed by atoms with Crippen LogP contribution in [0.5, 0.6) is 0 Å². The first kappa shape index (κ1) is 13.1. The Balaban J connectivity index is 1.43. The zero-order valence-electron chi connectivity index (χ0n) is 11.8. The van der Waals surface area contributed by atoms with Crippen molar-refractivity contribution >= 4 is 0 Å². The Kier molecular flexibility index (Phi) is 4.18. The van der Waals surface area contributed by atoms with Gasteiger partial charge in [0.1, 0.15) is 5.76 Å². The molecule has 4 nitrogen and oxygen atoms in total. The third kappa shape index (κ3) is 3.37. The van der Waals surface area contributed by atoms with E-state index >= 15 is 0 Å². The molecule has 0 unspecified atom stereocenters. The van der Waals surface area contributed by atoms with Crippen LogP contribution in [0.4, 0.5) is 0 Å². The van der Waals surface area contributed by atoms with Gasteiger partial charge in [-0.3, -0.25) is 4.90 Å². The summed E-state index contributed by atoms with van der Waals surface area (Å²) in [6.07, 6.45) is 10.1. The van der Waals surface area contributed by atoms with Crippen LogP contribution in [-0.4, -0.2) is 35.2 Å². The highest BCUT2D eigenvalue weighted by Gasteiger charge is 2.25. The van der Waals surface area contributed by atoms with Crippen molar-refractivity contribution in [3.8, 4) is 0 Å². The predicted octanol–water partition coefficient (Wildman–Crippen LogP) is 2.91. The lowest BCUT2D eigenvalue weighted by Crippen LogP contribution is -2.37. The van der Waals surface area contributed by atoms with E-state index in [2.05, 4.69) is 9.88 Å². The molecule has 4 heteroatoms. The Bertz CT molecular complexity index is 391. The Morgan fingerprint density at radius 3 is 2.53 bits per heavy atom. The van der Waals surface area contributed by atoms with E-state index in [0.717, 1.165) is 43.9 Å². The average Bonchev–Trinajstić information content (AvgIpc) is 3.05. The average molecular weight is 264 g/mol. The standard InChI is InChI=1S/C15H24N2O2/c1-12-15(18-11-16-12)10-17-8-6-14(7-9-17)19-13-4-2-3-5-13/h11,13-14H,2-10H2,1H3. The van der Waals surface area contributed by atoms with E-state index in [1.807, 2.05) is 6.92 Å². The largest absolute Gasteiger partial charge is 0.447 e. The van der Waals surface area contributed by atoms with Gasteiger partial charge in [-0.1, -0.05) is 12.8 Å². The van der Waals surface area contributed by atoms with Gasteiger partial charge in [0.2, 0.25) is 0 Å². The van der Waals surface area contributed by atoms with Crippen LogP contribution in [0.2, 0.25) is 0 Å². The molecule has 2 aliphatic rings. The van der Waals surface area contributed by atoms with Crippen LogP contribution < -0.4 is 0 Å². The van der Waals surface area contributed by atoms with Crippen molar-refractivity contribution in [2.45, 2.75) is 64.2 Å². The second-order valence-corrected chi connectivity index (χ2v) is 5.88.